The van der Waals surface area contributed by atoms with Gasteiger partial charge >= 0.3 is 5.97 Å². The van der Waals surface area contributed by atoms with Crippen molar-refractivity contribution in [3.8, 4) is 11.5 Å². The summed E-state index contributed by atoms with van der Waals surface area (Å²) in [4.78, 5) is 13.3. The molecule has 0 radical (unpaired) electrons. The summed E-state index contributed by atoms with van der Waals surface area (Å²) in [7, 11) is 2.15. The first kappa shape index (κ1) is 16.5. The van der Waals surface area contributed by atoms with Gasteiger partial charge in [-0.05, 0) is 43.3 Å². The van der Waals surface area contributed by atoms with E-state index in [1.165, 1.54) is 12.5 Å². The van der Waals surface area contributed by atoms with Crippen LogP contribution in [-0.2, 0) is 4.79 Å². The Hall–Kier alpha value is -2.33. The fourth-order valence-electron chi connectivity index (χ4n) is 3.18. The molecule has 0 bridgehead atoms. The highest BCUT2D eigenvalue weighted by molar-refractivity contribution is 5.69. The summed E-state index contributed by atoms with van der Waals surface area (Å²) < 4.78 is 11.3. The Morgan fingerprint density at radius 2 is 1.71 bits per heavy atom. The number of esters is 1. The van der Waals surface area contributed by atoms with Crippen molar-refractivity contribution in [2.75, 3.05) is 20.1 Å². The molecule has 0 aliphatic carbocycles. The third-order valence-electron chi connectivity index (χ3n) is 4.35. The molecule has 0 unspecified atom stereocenters. The van der Waals surface area contributed by atoms with Crippen LogP contribution in [0.25, 0.3) is 0 Å². The Morgan fingerprint density at radius 1 is 1.04 bits per heavy atom. The predicted octanol–water partition coefficient (Wildman–Crippen LogP) is 3.48. The van der Waals surface area contributed by atoms with E-state index in [1.54, 1.807) is 12.1 Å². The average Bonchev–Trinajstić information content (AvgIpc) is 2.58. The number of likely N-dealkylation sites (N-methyl/N-ethyl adjacent to an activating group) is 1. The molecule has 2 atom stereocenters. The zero-order valence-corrected chi connectivity index (χ0v) is 14.1. The van der Waals surface area contributed by atoms with E-state index in [0.717, 1.165) is 25.3 Å². The first-order chi connectivity index (χ1) is 11.6. The van der Waals surface area contributed by atoms with Gasteiger partial charge in [0.2, 0.25) is 0 Å². The van der Waals surface area contributed by atoms with Crippen LogP contribution in [0, 0.1) is 0 Å². The predicted molar refractivity (Wildman–Crippen MR) is 93.5 cm³/mol. The second-order valence-electron chi connectivity index (χ2n) is 6.29. The molecule has 126 valence electrons. The van der Waals surface area contributed by atoms with Gasteiger partial charge in [0.05, 0.1) is 0 Å². The largest absolute Gasteiger partial charge is 0.490 e. The van der Waals surface area contributed by atoms with Crippen LogP contribution < -0.4 is 9.47 Å². The van der Waals surface area contributed by atoms with Crippen LogP contribution in [-0.4, -0.2) is 37.1 Å². The third kappa shape index (κ3) is 4.15. The molecule has 0 spiro atoms. The van der Waals surface area contributed by atoms with Gasteiger partial charge < -0.3 is 14.4 Å². The third-order valence-corrected chi connectivity index (χ3v) is 4.35. The zero-order valence-electron chi connectivity index (χ0n) is 14.1. The minimum absolute atomic E-state index is 0.142. The molecule has 1 heterocycles. The fraction of sp³-hybridized carbons (Fsp3) is 0.350. The van der Waals surface area contributed by atoms with Crippen LogP contribution in [0.3, 0.4) is 0 Å². The Kier molecular flexibility index (Phi) is 5.16. The van der Waals surface area contributed by atoms with E-state index in [1.807, 2.05) is 18.2 Å². The quantitative estimate of drug-likeness (QED) is 0.637. The van der Waals surface area contributed by atoms with Crippen LogP contribution in [0.1, 0.15) is 24.8 Å². The van der Waals surface area contributed by atoms with Gasteiger partial charge in [-0.2, -0.15) is 0 Å². The number of piperidine rings is 1. The minimum atomic E-state index is -0.317. The van der Waals surface area contributed by atoms with Crippen molar-refractivity contribution in [3.05, 3.63) is 60.2 Å². The molecule has 2 aromatic carbocycles. The molecular weight excluding hydrogens is 302 g/mol. The van der Waals surface area contributed by atoms with Crippen LogP contribution in [0.15, 0.2) is 54.6 Å². The summed E-state index contributed by atoms with van der Waals surface area (Å²) in [5, 5.41) is 0. The Labute approximate surface area is 143 Å². The van der Waals surface area contributed by atoms with Crippen LogP contribution in [0.5, 0.6) is 11.5 Å². The van der Waals surface area contributed by atoms with Gasteiger partial charge in [0.25, 0.3) is 0 Å². The number of hydrogen-bond acceptors (Lipinski definition) is 4. The molecule has 24 heavy (non-hydrogen) atoms. The highest BCUT2D eigenvalue weighted by Gasteiger charge is 2.30. The number of likely N-dealkylation sites (tertiary alicyclic amines) is 1. The number of carbonyl (C=O) groups excluding carboxylic acids is 1. The molecule has 1 saturated heterocycles. The van der Waals surface area contributed by atoms with Gasteiger partial charge in [-0.25, -0.2) is 0 Å². The monoisotopic (exact) mass is 325 g/mol. The first-order valence-electron chi connectivity index (χ1n) is 8.30. The lowest BCUT2D eigenvalue weighted by molar-refractivity contribution is -0.131. The van der Waals surface area contributed by atoms with Gasteiger partial charge in [-0.15, -0.1) is 0 Å². The smallest absolute Gasteiger partial charge is 0.308 e. The minimum Gasteiger partial charge on any atom is -0.490 e. The number of hydrogen-bond donors (Lipinski definition) is 0. The lowest BCUT2D eigenvalue weighted by Gasteiger charge is -2.37. The van der Waals surface area contributed by atoms with Crippen molar-refractivity contribution in [1.29, 1.82) is 0 Å². The van der Waals surface area contributed by atoms with E-state index in [2.05, 4.69) is 36.2 Å². The van der Waals surface area contributed by atoms with Crippen molar-refractivity contribution >= 4 is 5.97 Å². The van der Waals surface area contributed by atoms with Crippen molar-refractivity contribution in [2.24, 2.45) is 0 Å². The van der Waals surface area contributed by atoms with E-state index < -0.39 is 0 Å². The van der Waals surface area contributed by atoms with E-state index in [0.29, 0.717) is 11.7 Å². The Morgan fingerprint density at radius 3 is 2.38 bits per heavy atom. The number of rotatable bonds is 4. The summed E-state index contributed by atoms with van der Waals surface area (Å²) in [6, 6.07) is 17.8. The van der Waals surface area contributed by atoms with Crippen molar-refractivity contribution < 1.29 is 14.3 Å². The van der Waals surface area contributed by atoms with Crippen LogP contribution >= 0.6 is 0 Å². The van der Waals surface area contributed by atoms with Gasteiger partial charge in [0.1, 0.15) is 17.6 Å². The summed E-state index contributed by atoms with van der Waals surface area (Å²) in [5.74, 6) is 1.38. The zero-order chi connectivity index (χ0) is 16.9. The maximum absolute atomic E-state index is 11.0. The maximum Gasteiger partial charge on any atom is 0.308 e. The molecule has 1 aliphatic heterocycles. The number of carbonyl (C=O) groups is 1. The number of benzene rings is 2. The molecule has 0 saturated carbocycles. The lowest BCUT2D eigenvalue weighted by atomic mass is 9.88. The summed E-state index contributed by atoms with van der Waals surface area (Å²) in [5.41, 5.74) is 1.31. The van der Waals surface area contributed by atoms with Gasteiger partial charge in [-0.1, -0.05) is 30.3 Å². The standard InChI is InChI=1S/C20H23NO3/c1-15(22)23-17-8-10-18(11-9-17)24-20-12-13-21(2)14-19(20)16-6-4-3-5-7-16/h3-11,19-20H,12-14H2,1-2H3/t19-,20+/m1/s1. The van der Waals surface area contributed by atoms with Gasteiger partial charge in [-0.3, -0.25) is 4.79 Å². The number of ether oxygens (including phenoxy) is 2. The van der Waals surface area contributed by atoms with E-state index in [-0.39, 0.29) is 12.1 Å². The SMILES string of the molecule is CC(=O)Oc1ccc(O[C@H]2CCN(C)C[C@@H]2c2ccccc2)cc1. The molecule has 0 aromatic heterocycles. The Bertz CT molecular complexity index is 669. The van der Waals surface area contributed by atoms with Crippen molar-refractivity contribution in [1.82, 2.24) is 4.90 Å². The second kappa shape index (κ2) is 7.49. The Balaban J connectivity index is 1.73. The molecule has 0 amide bonds. The molecule has 2 aromatic rings. The lowest BCUT2D eigenvalue weighted by Crippen LogP contribution is -2.42. The molecule has 4 heteroatoms. The van der Waals surface area contributed by atoms with Crippen molar-refractivity contribution in [3.63, 3.8) is 0 Å². The number of nitrogens with zero attached hydrogens (tertiary/aromatic N) is 1. The van der Waals surface area contributed by atoms with Crippen LogP contribution in [0.2, 0.25) is 0 Å². The molecule has 0 N–H and O–H groups in total. The summed E-state index contributed by atoms with van der Waals surface area (Å²) >= 11 is 0. The molecule has 1 aliphatic rings. The molecular formula is C20H23NO3. The highest BCUT2D eigenvalue weighted by Crippen LogP contribution is 2.31. The second-order valence-corrected chi connectivity index (χ2v) is 6.29. The maximum atomic E-state index is 11.0. The van der Waals surface area contributed by atoms with E-state index >= 15 is 0 Å². The molecule has 1 fully saturated rings. The molecule has 4 nitrogen and oxygen atoms in total. The summed E-state index contributed by atoms with van der Waals surface area (Å²) in [6.45, 7) is 3.41. The van der Waals surface area contributed by atoms with E-state index in [4.69, 9.17) is 9.47 Å². The first-order valence-corrected chi connectivity index (χ1v) is 8.30. The average molecular weight is 325 g/mol. The topological polar surface area (TPSA) is 38.8 Å². The van der Waals surface area contributed by atoms with Crippen LogP contribution in [0.4, 0.5) is 0 Å². The van der Waals surface area contributed by atoms with Gasteiger partial charge in [0, 0.05) is 25.9 Å². The van der Waals surface area contributed by atoms with Gasteiger partial charge in [0.15, 0.2) is 0 Å². The summed E-state index contributed by atoms with van der Waals surface area (Å²) in [6.07, 6.45) is 1.13. The highest BCUT2D eigenvalue weighted by atomic mass is 16.5. The normalized spacial score (nSPS) is 21.2. The van der Waals surface area contributed by atoms with Crippen molar-refractivity contribution in [2.45, 2.75) is 25.4 Å². The van der Waals surface area contributed by atoms with E-state index in [9.17, 15) is 4.79 Å². The fourth-order valence-corrected chi connectivity index (χ4v) is 3.18. The molecule has 3 rings (SSSR count).